The standard InChI is InChI=1S/C14H14ClN3O3S/c1-10(12-5-3-4-6-13(12)15)7-14(19)17-22(20,21)11-8-16-18(2)9-11/h3-9H,1-2H3,(H,17,19). The zero-order valence-electron chi connectivity index (χ0n) is 11.9. The average Bonchev–Trinajstić information content (AvgIpc) is 2.86. The van der Waals surface area contributed by atoms with Crippen molar-refractivity contribution in [3.05, 3.63) is 53.3 Å². The van der Waals surface area contributed by atoms with Crippen LogP contribution in [0.4, 0.5) is 0 Å². The van der Waals surface area contributed by atoms with E-state index in [0.717, 1.165) is 0 Å². The molecule has 1 heterocycles. The van der Waals surface area contributed by atoms with Crippen LogP contribution in [0.25, 0.3) is 5.57 Å². The van der Waals surface area contributed by atoms with E-state index in [1.807, 2.05) is 4.72 Å². The van der Waals surface area contributed by atoms with Gasteiger partial charge in [0.15, 0.2) is 0 Å². The Hall–Kier alpha value is -2.12. The number of nitrogens with zero attached hydrogens (tertiary/aromatic N) is 2. The molecule has 0 saturated carbocycles. The van der Waals surface area contributed by atoms with Crippen LogP contribution in [0.1, 0.15) is 12.5 Å². The van der Waals surface area contributed by atoms with Crippen molar-refractivity contribution in [2.75, 3.05) is 0 Å². The monoisotopic (exact) mass is 339 g/mol. The molecular formula is C14H14ClN3O3S. The van der Waals surface area contributed by atoms with E-state index < -0.39 is 15.9 Å². The second-order valence-electron chi connectivity index (χ2n) is 4.63. The lowest BCUT2D eigenvalue weighted by molar-refractivity contribution is -0.114. The van der Waals surface area contributed by atoms with E-state index in [0.29, 0.717) is 16.2 Å². The number of hydrogen-bond acceptors (Lipinski definition) is 4. The molecule has 8 heteroatoms. The Morgan fingerprint density at radius 1 is 1.36 bits per heavy atom. The highest BCUT2D eigenvalue weighted by Gasteiger charge is 2.18. The third-order valence-corrected chi connectivity index (χ3v) is 4.50. The van der Waals surface area contributed by atoms with Crippen LogP contribution in [-0.2, 0) is 21.9 Å². The smallest absolute Gasteiger partial charge is 0.267 e. The van der Waals surface area contributed by atoms with Crippen LogP contribution in [0.3, 0.4) is 0 Å². The number of halogens is 1. The van der Waals surface area contributed by atoms with Gasteiger partial charge in [-0.05, 0) is 24.1 Å². The second-order valence-corrected chi connectivity index (χ2v) is 6.72. The molecule has 1 aromatic heterocycles. The lowest BCUT2D eigenvalue weighted by Gasteiger charge is -2.05. The maximum Gasteiger partial charge on any atom is 0.267 e. The molecule has 1 aromatic carbocycles. The minimum Gasteiger partial charge on any atom is -0.274 e. The molecule has 1 amide bonds. The molecular weight excluding hydrogens is 326 g/mol. The molecule has 0 atom stereocenters. The van der Waals surface area contributed by atoms with Gasteiger partial charge in [0.2, 0.25) is 0 Å². The van der Waals surface area contributed by atoms with Gasteiger partial charge in [-0.1, -0.05) is 29.8 Å². The number of sulfonamides is 1. The Labute approximate surface area is 133 Å². The number of benzene rings is 1. The van der Waals surface area contributed by atoms with Gasteiger partial charge in [0.1, 0.15) is 4.90 Å². The first-order valence-corrected chi connectivity index (χ1v) is 8.14. The van der Waals surface area contributed by atoms with Crippen LogP contribution in [-0.4, -0.2) is 24.1 Å². The maximum absolute atomic E-state index is 12.0. The number of aryl methyl sites for hydroxylation is 1. The number of hydrogen-bond donors (Lipinski definition) is 1. The van der Waals surface area contributed by atoms with Crippen molar-refractivity contribution in [3.8, 4) is 0 Å². The van der Waals surface area contributed by atoms with Gasteiger partial charge in [-0.25, -0.2) is 13.1 Å². The van der Waals surface area contributed by atoms with E-state index in [1.165, 1.54) is 23.2 Å². The normalized spacial score (nSPS) is 12.2. The van der Waals surface area contributed by atoms with Crippen LogP contribution in [0.2, 0.25) is 5.02 Å². The van der Waals surface area contributed by atoms with Gasteiger partial charge in [0.05, 0.1) is 6.20 Å². The topological polar surface area (TPSA) is 81.1 Å². The summed E-state index contributed by atoms with van der Waals surface area (Å²) in [6, 6.07) is 6.99. The summed E-state index contributed by atoms with van der Waals surface area (Å²) < 4.78 is 27.3. The third-order valence-electron chi connectivity index (χ3n) is 2.87. The molecule has 0 radical (unpaired) electrons. The predicted octanol–water partition coefficient (Wildman–Crippen LogP) is 1.98. The SMILES string of the molecule is CC(=CC(=O)NS(=O)(=O)c1cnn(C)c1)c1ccccc1Cl. The molecule has 0 aliphatic carbocycles. The first-order chi connectivity index (χ1) is 10.3. The third kappa shape index (κ3) is 3.75. The summed E-state index contributed by atoms with van der Waals surface area (Å²) in [5, 5.41) is 4.25. The summed E-state index contributed by atoms with van der Waals surface area (Å²) in [5.41, 5.74) is 1.22. The molecule has 0 aliphatic rings. The van der Waals surface area contributed by atoms with Crippen LogP contribution in [0, 0.1) is 0 Å². The lowest BCUT2D eigenvalue weighted by atomic mass is 10.1. The van der Waals surface area contributed by atoms with Gasteiger partial charge in [0.25, 0.3) is 15.9 Å². The molecule has 0 saturated heterocycles. The molecule has 0 bridgehead atoms. The number of nitrogens with one attached hydrogen (secondary N) is 1. The highest BCUT2D eigenvalue weighted by Crippen LogP contribution is 2.22. The Kier molecular flexibility index (Phi) is 4.68. The summed E-state index contributed by atoms with van der Waals surface area (Å²) in [7, 11) is -2.35. The van der Waals surface area contributed by atoms with Crippen molar-refractivity contribution in [1.82, 2.24) is 14.5 Å². The van der Waals surface area contributed by atoms with Crippen molar-refractivity contribution in [2.24, 2.45) is 7.05 Å². The minimum atomic E-state index is -3.94. The summed E-state index contributed by atoms with van der Waals surface area (Å²) in [6.07, 6.45) is 3.66. The van der Waals surface area contributed by atoms with Crippen molar-refractivity contribution in [2.45, 2.75) is 11.8 Å². The molecule has 116 valence electrons. The number of carbonyl (C=O) groups excluding carboxylic acids is 1. The molecule has 0 unspecified atom stereocenters. The quantitative estimate of drug-likeness (QED) is 0.864. The average molecular weight is 340 g/mol. The second kappa shape index (κ2) is 6.33. The molecule has 6 nitrogen and oxygen atoms in total. The minimum absolute atomic E-state index is 0.0767. The zero-order chi connectivity index (χ0) is 16.3. The number of carbonyl (C=O) groups is 1. The van der Waals surface area contributed by atoms with Crippen molar-refractivity contribution in [3.63, 3.8) is 0 Å². The zero-order valence-corrected chi connectivity index (χ0v) is 13.5. The van der Waals surface area contributed by atoms with Crippen LogP contribution in [0.15, 0.2) is 47.6 Å². The van der Waals surface area contributed by atoms with Gasteiger partial charge in [-0.2, -0.15) is 5.10 Å². The number of amides is 1. The molecule has 0 aliphatic heterocycles. The predicted molar refractivity (Wildman–Crippen MR) is 83.6 cm³/mol. The largest absolute Gasteiger partial charge is 0.274 e. The van der Waals surface area contributed by atoms with E-state index >= 15 is 0 Å². The molecule has 2 rings (SSSR count). The number of aromatic nitrogens is 2. The van der Waals surface area contributed by atoms with E-state index in [1.54, 1.807) is 38.2 Å². The first-order valence-electron chi connectivity index (χ1n) is 6.28. The van der Waals surface area contributed by atoms with Crippen molar-refractivity contribution in [1.29, 1.82) is 0 Å². The maximum atomic E-state index is 12.0. The van der Waals surface area contributed by atoms with E-state index in [-0.39, 0.29) is 4.90 Å². The fourth-order valence-electron chi connectivity index (χ4n) is 1.81. The Balaban J connectivity index is 2.19. The summed E-state index contributed by atoms with van der Waals surface area (Å²) >= 11 is 6.03. The van der Waals surface area contributed by atoms with Gasteiger partial charge in [0, 0.05) is 24.3 Å². The highest BCUT2D eigenvalue weighted by atomic mass is 35.5. The van der Waals surface area contributed by atoms with Gasteiger partial charge >= 0.3 is 0 Å². The molecule has 1 N–H and O–H groups in total. The van der Waals surface area contributed by atoms with E-state index in [4.69, 9.17) is 11.6 Å². The fourth-order valence-corrected chi connectivity index (χ4v) is 3.02. The molecule has 0 fully saturated rings. The molecule has 2 aromatic rings. The van der Waals surface area contributed by atoms with Gasteiger partial charge < -0.3 is 0 Å². The van der Waals surface area contributed by atoms with Crippen LogP contribution in [0.5, 0.6) is 0 Å². The number of allylic oxidation sites excluding steroid dienone is 1. The molecule has 22 heavy (non-hydrogen) atoms. The van der Waals surface area contributed by atoms with Gasteiger partial charge in [-0.3, -0.25) is 9.48 Å². The fraction of sp³-hybridized carbons (Fsp3) is 0.143. The Bertz CT molecular complexity index is 841. The van der Waals surface area contributed by atoms with Gasteiger partial charge in [-0.15, -0.1) is 0 Å². The van der Waals surface area contributed by atoms with Crippen LogP contribution < -0.4 is 4.72 Å². The highest BCUT2D eigenvalue weighted by molar-refractivity contribution is 7.90. The Morgan fingerprint density at radius 2 is 2.05 bits per heavy atom. The summed E-state index contributed by atoms with van der Waals surface area (Å²) in [5.74, 6) is -0.749. The first kappa shape index (κ1) is 16.3. The summed E-state index contributed by atoms with van der Waals surface area (Å²) in [6.45, 7) is 1.68. The van der Waals surface area contributed by atoms with Crippen LogP contribution >= 0.6 is 11.6 Å². The summed E-state index contributed by atoms with van der Waals surface area (Å²) in [4.78, 5) is 11.8. The van der Waals surface area contributed by atoms with Crippen molar-refractivity contribution < 1.29 is 13.2 Å². The molecule has 0 spiro atoms. The Morgan fingerprint density at radius 3 is 2.64 bits per heavy atom. The van der Waals surface area contributed by atoms with Crippen molar-refractivity contribution >= 4 is 33.1 Å². The lowest BCUT2D eigenvalue weighted by Crippen LogP contribution is -2.29. The number of rotatable bonds is 4. The van der Waals surface area contributed by atoms with E-state index in [9.17, 15) is 13.2 Å². The van der Waals surface area contributed by atoms with E-state index in [2.05, 4.69) is 5.10 Å².